The lowest BCUT2D eigenvalue weighted by Gasteiger charge is -2.22. The van der Waals surface area contributed by atoms with Crippen molar-refractivity contribution in [2.75, 3.05) is 6.54 Å². The largest absolute Gasteiger partial charge is 0.349 e. The van der Waals surface area contributed by atoms with Gasteiger partial charge in [-0.25, -0.2) is 4.68 Å². The van der Waals surface area contributed by atoms with E-state index in [-0.39, 0.29) is 12.3 Å². The summed E-state index contributed by atoms with van der Waals surface area (Å²) in [7, 11) is 1.95. The van der Waals surface area contributed by atoms with Crippen LogP contribution in [0.3, 0.4) is 0 Å². The molecule has 1 aromatic carbocycles. The van der Waals surface area contributed by atoms with Gasteiger partial charge in [-0.1, -0.05) is 18.2 Å². The van der Waals surface area contributed by atoms with Gasteiger partial charge in [0.1, 0.15) is 11.4 Å². The first kappa shape index (κ1) is 22.0. The molecule has 0 aliphatic rings. The number of nitriles is 1. The number of amides is 1. The number of rotatable bonds is 7. The fourth-order valence-electron chi connectivity index (χ4n) is 3.83. The van der Waals surface area contributed by atoms with Gasteiger partial charge in [0.15, 0.2) is 0 Å². The highest BCUT2D eigenvalue weighted by atomic mass is 16.2. The van der Waals surface area contributed by atoms with Crippen LogP contribution < -0.4 is 0 Å². The van der Waals surface area contributed by atoms with Gasteiger partial charge in [0.2, 0.25) is 0 Å². The van der Waals surface area contributed by atoms with Crippen LogP contribution in [-0.4, -0.2) is 36.7 Å². The highest BCUT2D eigenvalue weighted by Crippen LogP contribution is 2.25. The maximum absolute atomic E-state index is 13.8. The molecule has 0 aliphatic carbocycles. The van der Waals surface area contributed by atoms with Crippen LogP contribution in [-0.2, 0) is 13.6 Å². The Hall–Kier alpha value is -4.18. The molecule has 0 bridgehead atoms. The first-order valence-electron chi connectivity index (χ1n) is 10.8. The Balaban J connectivity index is 1.82. The van der Waals surface area contributed by atoms with Crippen molar-refractivity contribution in [3.05, 3.63) is 89.5 Å². The van der Waals surface area contributed by atoms with Crippen molar-refractivity contribution < 1.29 is 4.79 Å². The molecule has 7 heteroatoms. The standard InChI is InChI=1S/C26H26N6O/c1-19-9-10-20(2)24(15-19)32-25(16-22(29-32)23-8-5-13-30(23)3)26(33)31(14-6-11-27)18-21-7-4-12-28-17-21/h4-5,7-10,12-13,15-17H,6,14,18H2,1-3H3. The fraction of sp³-hybridized carbons (Fsp3) is 0.231. The molecule has 3 aromatic heterocycles. The molecule has 0 N–H and O–H groups in total. The van der Waals surface area contributed by atoms with Crippen molar-refractivity contribution in [2.24, 2.45) is 7.05 Å². The van der Waals surface area contributed by atoms with E-state index in [2.05, 4.69) is 11.1 Å². The van der Waals surface area contributed by atoms with Gasteiger partial charge in [0, 0.05) is 38.7 Å². The van der Waals surface area contributed by atoms with E-state index in [1.165, 1.54) is 0 Å². The summed E-state index contributed by atoms with van der Waals surface area (Å²) in [6.07, 6.45) is 5.64. The second-order valence-corrected chi connectivity index (χ2v) is 8.12. The Morgan fingerprint density at radius 3 is 2.70 bits per heavy atom. The van der Waals surface area contributed by atoms with E-state index in [0.29, 0.717) is 24.5 Å². The Morgan fingerprint density at radius 2 is 2.00 bits per heavy atom. The molecule has 4 aromatic rings. The second kappa shape index (κ2) is 9.53. The van der Waals surface area contributed by atoms with Crippen molar-refractivity contribution in [3.63, 3.8) is 0 Å². The number of pyridine rings is 1. The quantitative estimate of drug-likeness (QED) is 0.427. The topological polar surface area (TPSA) is 79.7 Å². The van der Waals surface area contributed by atoms with Crippen molar-refractivity contribution in [1.29, 1.82) is 5.26 Å². The summed E-state index contributed by atoms with van der Waals surface area (Å²) in [6, 6.07) is 17.8. The SMILES string of the molecule is Cc1ccc(C)c(-n2nc(-c3cccn3C)cc2C(=O)N(CCC#N)Cc2cccnc2)c1. The van der Waals surface area contributed by atoms with E-state index in [0.717, 1.165) is 28.1 Å². The molecule has 0 saturated carbocycles. The molecule has 0 fully saturated rings. The van der Waals surface area contributed by atoms with Crippen molar-refractivity contribution in [3.8, 4) is 23.1 Å². The molecule has 0 unspecified atom stereocenters. The van der Waals surface area contributed by atoms with E-state index in [4.69, 9.17) is 5.10 Å². The van der Waals surface area contributed by atoms with Gasteiger partial charge in [-0.05, 0) is 60.9 Å². The summed E-state index contributed by atoms with van der Waals surface area (Å²) in [4.78, 5) is 19.7. The normalized spacial score (nSPS) is 10.7. The third-order valence-electron chi connectivity index (χ3n) is 5.60. The van der Waals surface area contributed by atoms with E-state index >= 15 is 0 Å². The molecule has 0 spiro atoms. The Labute approximate surface area is 193 Å². The van der Waals surface area contributed by atoms with Crippen LogP contribution in [0.4, 0.5) is 0 Å². The zero-order valence-electron chi connectivity index (χ0n) is 19.1. The lowest BCUT2D eigenvalue weighted by atomic mass is 10.1. The Kier molecular flexibility index (Phi) is 6.36. The summed E-state index contributed by atoms with van der Waals surface area (Å²) in [5.74, 6) is -0.178. The van der Waals surface area contributed by atoms with Gasteiger partial charge in [-0.2, -0.15) is 10.4 Å². The van der Waals surface area contributed by atoms with Crippen molar-refractivity contribution in [1.82, 2.24) is 24.2 Å². The minimum atomic E-state index is -0.178. The minimum Gasteiger partial charge on any atom is -0.349 e. The Bertz CT molecular complexity index is 1310. The maximum Gasteiger partial charge on any atom is 0.272 e. The zero-order valence-corrected chi connectivity index (χ0v) is 19.1. The average molecular weight is 439 g/mol. The van der Waals surface area contributed by atoms with Gasteiger partial charge in [-0.3, -0.25) is 9.78 Å². The first-order chi connectivity index (χ1) is 16.0. The molecule has 4 rings (SSSR count). The van der Waals surface area contributed by atoms with Crippen molar-refractivity contribution in [2.45, 2.75) is 26.8 Å². The first-order valence-corrected chi connectivity index (χ1v) is 10.8. The predicted octanol–water partition coefficient (Wildman–Crippen LogP) is 4.45. The lowest BCUT2D eigenvalue weighted by molar-refractivity contribution is 0.0737. The van der Waals surface area contributed by atoms with Crippen LogP contribution in [0, 0.1) is 25.2 Å². The number of benzene rings is 1. The molecule has 7 nitrogen and oxygen atoms in total. The van der Waals surface area contributed by atoms with Crippen LogP contribution >= 0.6 is 0 Å². The lowest BCUT2D eigenvalue weighted by Crippen LogP contribution is -2.33. The second-order valence-electron chi connectivity index (χ2n) is 8.12. The highest BCUT2D eigenvalue weighted by molar-refractivity contribution is 5.94. The number of nitrogens with zero attached hydrogens (tertiary/aromatic N) is 6. The van der Waals surface area contributed by atoms with E-state index in [9.17, 15) is 10.1 Å². The van der Waals surface area contributed by atoms with Gasteiger partial charge in [0.05, 0.1) is 23.9 Å². The zero-order chi connectivity index (χ0) is 23.4. The number of aromatic nitrogens is 4. The van der Waals surface area contributed by atoms with Crippen LogP contribution in [0.15, 0.2) is 67.1 Å². The number of hydrogen-bond donors (Lipinski definition) is 0. The summed E-state index contributed by atoms with van der Waals surface area (Å²) in [6.45, 7) is 4.72. The van der Waals surface area contributed by atoms with Crippen LogP contribution in [0.5, 0.6) is 0 Å². The fourth-order valence-corrected chi connectivity index (χ4v) is 3.83. The van der Waals surface area contributed by atoms with E-state index < -0.39 is 0 Å². The summed E-state index contributed by atoms with van der Waals surface area (Å²) in [5, 5.41) is 14.0. The van der Waals surface area contributed by atoms with Gasteiger partial charge < -0.3 is 9.47 Å². The number of carbonyl (C=O) groups excluding carboxylic acids is 1. The minimum absolute atomic E-state index is 0.178. The summed E-state index contributed by atoms with van der Waals surface area (Å²) in [5.41, 5.74) is 5.97. The van der Waals surface area contributed by atoms with Crippen LogP contribution in [0.25, 0.3) is 17.1 Å². The van der Waals surface area contributed by atoms with Crippen LogP contribution in [0.1, 0.15) is 33.6 Å². The molecule has 1 amide bonds. The Morgan fingerprint density at radius 1 is 1.15 bits per heavy atom. The summed E-state index contributed by atoms with van der Waals surface area (Å²) < 4.78 is 3.71. The molecule has 33 heavy (non-hydrogen) atoms. The van der Waals surface area contributed by atoms with E-state index in [1.54, 1.807) is 22.0 Å². The molecule has 0 saturated heterocycles. The smallest absolute Gasteiger partial charge is 0.272 e. The van der Waals surface area contributed by atoms with Gasteiger partial charge in [0.25, 0.3) is 5.91 Å². The van der Waals surface area contributed by atoms with Crippen molar-refractivity contribution >= 4 is 5.91 Å². The third kappa shape index (κ3) is 4.70. The number of hydrogen-bond acceptors (Lipinski definition) is 4. The molecular formula is C26H26N6O. The molecular weight excluding hydrogens is 412 g/mol. The van der Waals surface area contributed by atoms with Crippen LogP contribution in [0.2, 0.25) is 0 Å². The predicted molar refractivity (Wildman–Crippen MR) is 127 cm³/mol. The maximum atomic E-state index is 13.8. The number of carbonyl (C=O) groups is 1. The number of aryl methyl sites for hydroxylation is 3. The van der Waals surface area contributed by atoms with Gasteiger partial charge in [-0.15, -0.1) is 0 Å². The molecule has 0 aliphatic heterocycles. The van der Waals surface area contributed by atoms with Gasteiger partial charge >= 0.3 is 0 Å². The highest BCUT2D eigenvalue weighted by Gasteiger charge is 2.24. The molecule has 0 atom stereocenters. The monoisotopic (exact) mass is 438 g/mol. The third-order valence-corrected chi connectivity index (χ3v) is 5.60. The molecule has 166 valence electrons. The average Bonchev–Trinajstić information content (AvgIpc) is 3.44. The molecule has 0 radical (unpaired) electrons. The summed E-state index contributed by atoms with van der Waals surface area (Å²) >= 11 is 0. The van der Waals surface area contributed by atoms with E-state index in [1.807, 2.05) is 80.2 Å². The molecule has 3 heterocycles.